The highest BCUT2D eigenvalue weighted by atomic mass is 16.5. The van der Waals surface area contributed by atoms with Crippen LogP contribution in [0.25, 0.3) is 10.9 Å². The first-order valence-electron chi connectivity index (χ1n) is 9.98. The van der Waals surface area contributed by atoms with Crippen molar-refractivity contribution < 1.29 is 9.84 Å². The third kappa shape index (κ3) is 3.96. The number of benzene rings is 1. The number of ether oxygens (including phenoxy) is 1. The Labute approximate surface area is 155 Å². The van der Waals surface area contributed by atoms with Crippen LogP contribution >= 0.6 is 0 Å². The number of rotatable bonds is 5. The van der Waals surface area contributed by atoms with E-state index in [1.807, 2.05) is 0 Å². The number of nitrogens with one attached hydrogen (secondary N) is 1. The quantitative estimate of drug-likeness (QED) is 0.862. The number of piperidine rings is 1. The third-order valence-electron chi connectivity index (χ3n) is 5.98. The number of fused-ring (bicyclic) bond motifs is 1. The van der Waals surface area contributed by atoms with Crippen LogP contribution in [-0.4, -0.2) is 78.5 Å². The highest BCUT2D eigenvalue weighted by Crippen LogP contribution is 2.35. The average Bonchev–Trinajstić information content (AvgIpc) is 2.99. The van der Waals surface area contributed by atoms with Gasteiger partial charge in [0.15, 0.2) is 0 Å². The van der Waals surface area contributed by atoms with E-state index < -0.39 is 0 Å². The summed E-state index contributed by atoms with van der Waals surface area (Å²) in [6, 6.07) is 8.65. The average molecular weight is 357 g/mol. The molecule has 3 heterocycles. The number of hydrogen-bond acceptors (Lipinski definition) is 4. The first-order chi connectivity index (χ1) is 12.7. The van der Waals surface area contributed by atoms with Crippen LogP contribution in [0.4, 0.5) is 0 Å². The van der Waals surface area contributed by atoms with Crippen LogP contribution in [0.15, 0.2) is 24.3 Å². The predicted octanol–water partition coefficient (Wildman–Crippen LogP) is 2.35. The van der Waals surface area contributed by atoms with Crippen molar-refractivity contribution in [3.8, 4) is 0 Å². The normalized spacial score (nSPS) is 22.1. The van der Waals surface area contributed by atoms with Gasteiger partial charge in [0, 0.05) is 42.8 Å². The third-order valence-corrected chi connectivity index (χ3v) is 5.98. The Kier molecular flexibility index (Phi) is 5.60. The topological polar surface area (TPSA) is 51.7 Å². The number of aryl methyl sites for hydroxylation is 1. The van der Waals surface area contributed by atoms with E-state index in [1.165, 1.54) is 35.0 Å². The van der Waals surface area contributed by atoms with Gasteiger partial charge in [-0.15, -0.1) is 0 Å². The van der Waals surface area contributed by atoms with Gasteiger partial charge in [0.2, 0.25) is 0 Å². The first kappa shape index (κ1) is 18.0. The number of para-hydroxylation sites is 1. The van der Waals surface area contributed by atoms with Crippen LogP contribution in [0.3, 0.4) is 0 Å². The molecule has 0 aliphatic carbocycles. The predicted molar refractivity (Wildman–Crippen MR) is 105 cm³/mol. The van der Waals surface area contributed by atoms with Crippen molar-refractivity contribution in [1.29, 1.82) is 0 Å². The molecule has 2 fully saturated rings. The van der Waals surface area contributed by atoms with Crippen molar-refractivity contribution in [2.75, 3.05) is 52.5 Å². The van der Waals surface area contributed by atoms with Gasteiger partial charge in [-0.05, 0) is 50.4 Å². The fourth-order valence-corrected chi connectivity index (χ4v) is 4.67. The molecule has 2 saturated heterocycles. The van der Waals surface area contributed by atoms with Gasteiger partial charge in [-0.3, -0.25) is 4.90 Å². The van der Waals surface area contributed by atoms with E-state index in [4.69, 9.17) is 4.74 Å². The molecule has 1 unspecified atom stereocenters. The Morgan fingerprint density at radius 2 is 1.73 bits per heavy atom. The largest absolute Gasteiger partial charge is 0.390 e. The van der Waals surface area contributed by atoms with Crippen molar-refractivity contribution in [1.82, 2.24) is 14.8 Å². The second-order valence-electron chi connectivity index (χ2n) is 7.85. The number of aromatic nitrogens is 1. The van der Waals surface area contributed by atoms with E-state index in [9.17, 15) is 5.11 Å². The van der Waals surface area contributed by atoms with Crippen LogP contribution in [-0.2, 0) is 4.74 Å². The molecule has 1 aromatic heterocycles. The summed E-state index contributed by atoms with van der Waals surface area (Å²) in [5.41, 5.74) is 4.08. The fraction of sp³-hybridized carbons (Fsp3) is 0.619. The summed E-state index contributed by atoms with van der Waals surface area (Å²) in [5, 5.41) is 11.8. The van der Waals surface area contributed by atoms with E-state index in [2.05, 4.69) is 46.0 Å². The Morgan fingerprint density at radius 3 is 2.46 bits per heavy atom. The van der Waals surface area contributed by atoms with Crippen molar-refractivity contribution >= 4 is 10.9 Å². The van der Waals surface area contributed by atoms with Crippen LogP contribution in [0.5, 0.6) is 0 Å². The van der Waals surface area contributed by atoms with Crippen molar-refractivity contribution in [2.45, 2.75) is 31.8 Å². The number of aliphatic hydroxyl groups excluding tert-OH is 1. The van der Waals surface area contributed by atoms with Gasteiger partial charge < -0.3 is 19.7 Å². The maximum atomic E-state index is 10.5. The second kappa shape index (κ2) is 8.09. The molecule has 4 rings (SSSR count). The minimum absolute atomic E-state index is 0.264. The Balaban J connectivity index is 1.31. The lowest BCUT2D eigenvalue weighted by Crippen LogP contribution is -2.46. The van der Waals surface area contributed by atoms with E-state index in [-0.39, 0.29) is 6.10 Å². The number of nitrogens with zero attached hydrogens (tertiary/aromatic N) is 2. The summed E-state index contributed by atoms with van der Waals surface area (Å²) in [5.74, 6) is 0.624. The summed E-state index contributed by atoms with van der Waals surface area (Å²) in [7, 11) is 0. The van der Waals surface area contributed by atoms with Gasteiger partial charge in [0.05, 0.1) is 19.3 Å². The number of morpholine rings is 1. The molecule has 0 saturated carbocycles. The standard InChI is InChI=1S/C21H31N3O2/c1-16-21(19-4-2-3-5-20(19)22-16)17-6-8-23(9-7-17)14-18(25)15-24-10-12-26-13-11-24/h2-5,17-18,22,25H,6-15H2,1H3. The molecule has 142 valence electrons. The zero-order valence-corrected chi connectivity index (χ0v) is 15.8. The zero-order chi connectivity index (χ0) is 17.9. The summed E-state index contributed by atoms with van der Waals surface area (Å²) in [6.07, 6.45) is 2.08. The number of likely N-dealkylation sites (tertiary alicyclic amines) is 1. The highest BCUT2D eigenvalue weighted by Gasteiger charge is 2.26. The van der Waals surface area contributed by atoms with Crippen molar-refractivity contribution in [3.63, 3.8) is 0 Å². The van der Waals surface area contributed by atoms with Crippen LogP contribution in [0.1, 0.15) is 30.0 Å². The molecule has 0 amide bonds. The lowest BCUT2D eigenvalue weighted by Gasteiger charge is -2.35. The van der Waals surface area contributed by atoms with Crippen LogP contribution in [0, 0.1) is 6.92 Å². The molecular formula is C21H31N3O2. The zero-order valence-electron chi connectivity index (χ0n) is 15.8. The highest BCUT2D eigenvalue weighted by molar-refractivity contribution is 5.85. The molecule has 5 heteroatoms. The number of H-pyrrole nitrogens is 1. The van der Waals surface area contributed by atoms with Crippen LogP contribution < -0.4 is 0 Å². The minimum Gasteiger partial charge on any atom is -0.390 e. The lowest BCUT2D eigenvalue weighted by atomic mass is 9.87. The molecule has 0 spiro atoms. The Morgan fingerprint density at radius 1 is 1.08 bits per heavy atom. The summed E-state index contributed by atoms with van der Waals surface area (Å²) in [4.78, 5) is 8.30. The van der Waals surface area contributed by atoms with Crippen molar-refractivity contribution in [2.24, 2.45) is 0 Å². The number of hydrogen-bond donors (Lipinski definition) is 2. The first-order valence-corrected chi connectivity index (χ1v) is 9.98. The molecular weight excluding hydrogens is 326 g/mol. The molecule has 2 N–H and O–H groups in total. The van der Waals surface area contributed by atoms with Crippen LogP contribution in [0.2, 0.25) is 0 Å². The maximum Gasteiger partial charge on any atom is 0.0793 e. The minimum atomic E-state index is -0.264. The molecule has 0 bridgehead atoms. The molecule has 1 aromatic carbocycles. The lowest BCUT2D eigenvalue weighted by molar-refractivity contribution is 0.00510. The molecule has 0 radical (unpaired) electrons. The molecule has 2 aliphatic heterocycles. The molecule has 2 aromatic rings. The van der Waals surface area contributed by atoms with Gasteiger partial charge in [0.1, 0.15) is 0 Å². The summed E-state index contributed by atoms with van der Waals surface area (Å²) in [6.45, 7) is 9.38. The van der Waals surface area contributed by atoms with E-state index in [0.29, 0.717) is 5.92 Å². The van der Waals surface area contributed by atoms with Gasteiger partial charge >= 0.3 is 0 Å². The fourth-order valence-electron chi connectivity index (χ4n) is 4.67. The molecule has 26 heavy (non-hydrogen) atoms. The van der Waals surface area contributed by atoms with Gasteiger partial charge in [-0.25, -0.2) is 0 Å². The summed E-state index contributed by atoms with van der Waals surface area (Å²) < 4.78 is 5.38. The second-order valence-corrected chi connectivity index (χ2v) is 7.85. The molecule has 5 nitrogen and oxygen atoms in total. The van der Waals surface area contributed by atoms with Gasteiger partial charge in [0.25, 0.3) is 0 Å². The summed E-state index contributed by atoms with van der Waals surface area (Å²) >= 11 is 0. The number of aliphatic hydroxyl groups is 1. The molecule has 2 aliphatic rings. The monoisotopic (exact) mass is 357 g/mol. The van der Waals surface area contributed by atoms with Gasteiger partial charge in [-0.2, -0.15) is 0 Å². The SMILES string of the molecule is Cc1[nH]c2ccccc2c1C1CCN(CC(O)CN2CCOCC2)CC1. The van der Waals surface area contributed by atoms with E-state index in [1.54, 1.807) is 0 Å². The van der Waals surface area contributed by atoms with Crippen molar-refractivity contribution in [3.05, 3.63) is 35.5 Å². The smallest absolute Gasteiger partial charge is 0.0793 e. The Hall–Kier alpha value is -1.40. The number of β-amino-alcohol motifs (C(OH)–C–C–N with tert-alkyl or cyclic N) is 1. The maximum absolute atomic E-state index is 10.5. The number of aromatic amines is 1. The molecule has 1 atom stereocenters. The van der Waals surface area contributed by atoms with E-state index in [0.717, 1.165) is 52.5 Å². The Bertz CT molecular complexity index is 715. The van der Waals surface area contributed by atoms with E-state index >= 15 is 0 Å². The van der Waals surface area contributed by atoms with Gasteiger partial charge in [-0.1, -0.05) is 18.2 Å².